The van der Waals surface area contributed by atoms with E-state index < -0.39 is 5.60 Å². The highest BCUT2D eigenvalue weighted by atomic mass is 16.3. The monoisotopic (exact) mass is 257 g/mol. The van der Waals surface area contributed by atoms with Crippen LogP contribution in [0.15, 0.2) is 30.3 Å². The molecule has 0 aliphatic carbocycles. The van der Waals surface area contributed by atoms with Crippen molar-refractivity contribution in [3.63, 3.8) is 0 Å². The zero-order valence-corrected chi connectivity index (χ0v) is 11.5. The van der Waals surface area contributed by atoms with Gasteiger partial charge in [0.1, 0.15) is 0 Å². The number of aryl methyl sites for hydroxylation is 1. The molecule has 1 aromatic carbocycles. The van der Waals surface area contributed by atoms with Crippen molar-refractivity contribution < 1.29 is 5.11 Å². The smallest absolute Gasteiger partial charge is 0.220 e. The van der Waals surface area contributed by atoms with Gasteiger partial charge in [0.25, 0.3) is 0 Å². The fraction of sp³-hybridized carbons (Fsp3) is 0.333. The third kappa shape index (κ3) is 3.09. The van der Waals surface area contributed by atoms with Gasteiger partial charge in [-0.3, -0.25) is 0 Å². The highest BCUT2D eigenvalue weighted by Crippen LogP contribution is 2.24. The number of anilines is 1. The predicted octanol–water partition coefficient (Wildman–Crippen LogP) is 2.52. The molecule has 1 heterocycles. The molecule has 4 heteroatoms. The fourth-order valence-corrected chi connectivity index (χ4v) is 1.90. The van der Waals surface area contributed by atoms with Crippen LogP contribution in [-0.4, -0.2) is 15.1 Å². The van der Waals surface area contributed by atoms with Crippen LogP contribution in [0.4, 0.5) is 5.95 Å². The highest BCUT2D eigenvalue weighted by Gasteiger charge is 2.15. The maximum atomic E-state index is 9.93. The molecule has 0 fully saturated rings. The molecule has 0 spiro atoms. The van der Waals surface area contributed by atoms with Gasteiger partial charge in [-0.05, 0) is 31.9 Å². The van der Waals surface area contributed by atoms with Crippen LogP contribution >= 0.6 is 0 Å². The first-order chi connectivity index (χ1) is 8.90. The first-order valence-corrected chi connectivity index (χ1v) is 6.37. The number of nitrogen functional groups attached to an aromatic ring is 1. The van der Waals surface area contributed by atoms with E-state index in [9.17, 15) is 5.11 Å². The molecule has 100 valence electrons. The van der Waals surface area contributed by atoms with Gasteiger partial charge in [0.05, 0.1) is 11.3 Å². The lowest BCUT2D eigenvalue weighted by Gasteiger charge is -2.17. The maximum absolute atomic E-state index is 9.93. The van der Waals surface area contributed by atoms with Crippen molar-refractivity contribution in [2.75, 3.05) is 5.73 Å². The highest BCUT2D eigenvalue weighted by molar-refractivity contribution is 5.61. The Morgan fingerprint density at radius 2 is 1.79 bits per heavy atom. The Morgan fingerprint density at radius 3 is 2.32 bits per heavy atom. The lowest BCUT2D eigenvalue weighted by molar-refractivity contribution is 0.0786. The van der Waals surface area contributed by atoms with Crippen molar-refractivity contribution >= 4 is 5.95 Å². The molecule has 1 aromatic heterocycles. The molecule has 0 radical (unpaired) electrons. The lowest BCUT2D eigenvalue weighted by Crippen LogP contribution is -2.14. The van der Waals surface area contributed by atoms with Crippen LogP contribution in [0.25, 0.3) is 11.3 Å². The summed E-state index contributed by atoms with van der Waals surface area (Å²) >= 11 is 0. The summed E-state index contributed by atoms with van der Waals surface area (Å²) in [5.74, 6) is 0.293. The van der Waals surface area contributed by atoms with E-state index in [1.54, 1.807) is 13.8 Å². The molecule has 0 amide bonds. The van der Waals surface area contributed by atoms with E-state index in [-0.39, 0.29) is 0 Å². The minimum Gasteiger partial charge on any atom is -0.386 e. The number of hydrogen-bond acceptors (Lipinski definition) is 4. The van der Waals surface area contributed by atoms with Gasteiger partial charge in [0, 0.05) is 11.3 Å². The maximum Gasteiger partial charge on any atom is 0.220 e. The fourth-order valence-electron chi connectivity index (χ4n) is 1.90. The Labute approximate surface area is 113 Å². The summed E-state index contributed by atoms with van der Waals surface area (Å²) in [6, 6.07) is 9.62. The van der Waals surface area contributed by atoms with Gasteiger partial charge in [-0.15, -0.1) is 0 Å². The number of nitrogens with two attached hydrogens (primary N) is 1. The number of hydrogen-bond donors (Lipinski definition) is 2. The number of aliphatic hydroxyl groups is 1. The average Bonchev–Trinajstić information content (AvgIpc) is 2.37. The van der Waals surface area contributed by atoms with Gasteiger partial charge in [0.2, 0.25) is 5.95 Å². The molecule has 0 atom stereocenters. The Kier molecular flexibility index (Phi) is 3.53. The second-order valence-electron chi connectivity index (χ2n) is 5.09. The molecular weight excluding hydrogens is 238 g/mol. The predicted molar refractivity (Wildman–Crippen MR) is 76.5 cm³/mol. The van der Waals surface area contributed by atoms with E-state index in [4.69, 9.17) is 5.73 Å². The average molecular weight is 257 g/mol. The van der Waals surface area contributed by atoms with E-state index in [2.05, 4.69) is 9.97 Å². The van der Waals surface area contributed by atoms with E-state index in [1.807, 2.05) is 37.3 Å². The number of benzene rings is 1. The van der Waals surface area contributed by atoms with E-state index in [0.717, 1.165) is 28.9 Å². The third-order valence-corrected chi connectivity index (χ3v) is 3.05. The normalized spacial score (nSPS) is 11.6. The van der Waals surface area contributed by atoms with Crippen molar-refractivity contribution in [1.29, 1.82) is 0 Å². The van der Waals surface area contributed by atoms with Crippen LogP contribution in [0.1, 0.15) is 32.0 Å². The van der Waals surface area contributed by atoms with Gasteiger partial charge in [-0.25, -0.2) is 9.97 Å². The van der Waals surface area contributed by atoms with Crippen LogP contribution in [-0.2, 0) is 12.0 Å². The molecule has 0 saturated carbocycles. The summed E-state index contributed by atoms with van der Waals surface area (Å²) in [6.07, 6.45) is 0.821. The van der Waals surface area contributed by atoms with Crippen molar-refractivity contribution in [3.8, 4) is 11.3 Å². The van der Waals surface area contributed by atoms with Crippen LogP contribution < -0.4 is 5.73 Å². The quantitative estimate of drug-likeness (QED) is 0.886. The SMILES string of the molecule is CCc1cc(-c2ccc(C(C)(C)O)cc2)nc(N)n1. The van der Waals surface area contributed by atoms with Crippen molar-refractivity contribution in [2.24, 2.45) is 0 Å². The minimum absolute atomic E-state index is 0.293. The van der Waals surface area contributed by atoms with E-state index in [0.29, 0.717) is 5.95 Å². The van der Waals surface area contributed by atoms with E-state index >= 15 is 0 Å². The summed E-state index contributed by atoms with van der Waals surface area (Å²) in [5, 5.41) is 9.93. The molecule has 19 heavy (non-hydrogen) atoms. The molecule has 3 N–H and O–H groups in total. The van der Waals surface area contributed by atoms with Crippen molar-refractivity contribution in [1.82, 2.24) is 9.97 Å². The van der Waals surface area contributed by atoms with Gasteiger partial charge in [0.15, 0.2) is 0 Å². The molecule has 0 unspecified atom stereocenters. The summed E-state index contributed by atoms with van der Waals surface area (Å²) in [6.45, 7) is 5.56. The molecule has 2 rings (SSSR count). The largest absolute Gasteiger partial charge is 0.386 e. The molecule has 4 nitrogen and oxygen atoms in total. The van der Waals surface area contributed by atoms with E-state index in [1.165, 1.54) is 0 Å². The molecule has 0 aliphatic heterocycles. The molecule has 2 aromatic rings. The van der Waals surface area contributed by atoms with Crippen LogP contribution in [0.2, 0.25) is 0 Å². The van der Waals surface area contributed by atoms with Crippen LogP contribution in [0.3, 0.4) is 0 Å². The molecular formula is C15H19N3O. The zero-order chi connectivity index (χ0) is 14.0. The minimum atomic E-state index is -0.836. The zero-order valence-electron chi connectivity index (χ0n) is 11.5. The molecule has 0 aliphatic rings. The first-order valence-electron chi connectivity index (χ1n) is 6.37. The Hall–Kier alpha value is -1.94. The Bertz CT molecular complexity index is 571. The summed E-state index contributed by atoms with van der Waals surface area (Å²) < 4.78 is 0. The van der Waals surface area contributed by atoms with Gasteiger partial charge in [-0.1, -0.05) is 31.2 Å². The van der Waals surface area contributed by atoms with Crippen molar-refractivity contribution in [2.45, 2.75) is 32.8 Å². The molecule has 0 saturated heterocycles. The van der Waals surface area contributed by atoms with Crippen LogP contribution in [0, 0.1) is 0 Å². The Balaban J connectivity index is 2.40. The summed E-state index contributed by atoms with van der Waals surface area (Å²) in [4.78, 5) is 8.41. The summed E-state index contributed by atoms with van der Waals surface area (Å²) in [5.41, 5.74) is 8.45. The second-order valence-corrected chi connectivity index (χ2v) is 5.09. The number of rotatable bonds is 3. The standard InChI is InChI=1S/C15H19N3O/c1-4-12-9-13(18-14(16)17-12)10-5-7-11(8-6-10)15(2,3)19/h5-9,19H,4H2,1-3H3,(H2,16,17,18). The first kappa shape index (κ1) is 13.5. The van der Waals surface area contributed by atoms with Gasteiger partial charge in [-0.2, -0.15) is 0 Å². The number of nitrogens with zero attached hydrogens (tertiary/aromatic N) is 2. The van der Waals surface area contributed by atoms with Crippen molar-refractivity contribution in [3.05, 3.63) is 41.6 Å². The van der Waals surface area contributed by atoms with Gasteiger partial charge < -0.3 is 10.8 Å². The lowest BCUT2D eigenvalue weighted by atomic mass is 9.96. The number of aromatic nitrogens is 2. The summed E-state index contributed by atoms with van der Waals surface area (Å²) in [7, 11) is 0. The van der Waals surface area contributed by atoms with Gasteiger partial charge >= 0.3 is 0 Å². The Morgan fingerprint density at radius 1 is 1.16 bits per heavy atom. The second kappa shape index (κ2) is 4.97. The third-order valence-electron chi connectivity index (χ3n) is 3.05. The molecule has 0 bridgehead atoms. The van der Waals surface area contributed by atoms with Crippen LogP contribution in [0.5, 0.6) is 0 Å². The topological polar surface area (TPSA) is 72.0 Å².